The summed E-state index contributed by atoms with van der Waals surface area (Å²) in [6, 6.07) is 9.57. The fourth-order valence-corrected chi connectivity index (χ4v) is 2.51. The number of nitrogens with two attached hydrogens (primary N) is 1. The van der Waals surface area contributed by atoms with Crippen molar-refractivity contribution in [2.45, 2.75) is 13.0 Å². The topological polar surface area (TPSA) is 90.7 Å². The molecule has 0 radical (unpaired) electrons. The van der Waals surface area contributed by atoms with Crippen LogP contribution in [0.25, 0.3) is 0 Å². The van der Waals surface area contributed by atoms with E-state index in [0.29, 0.717) is 5.02 Å². The number of methoxy groups -OCH3 is 1. The zero-order valence-electron chi connectivity index (χ0n) is 14.2. The lowest BCUT2D eigenvalue weighted by Crippen LogP contribution is -2.31. The number of ether oxygens (including phenoxy) is 2. The Morgan fingerprint density at radius 1 is 1.19 bits per heavy atom. The smallest absolute Gasteiger partial charge is 0.342 e. The van der Waals surface area contributed by atoms with Gasteiger partial charge in [0.15, 0.2) is 6.61 Å². The summed E-state index contributed by atoms with van der Waals surface area (Å²) in [5, 5.41) is 3.54. The molecule has 1 amide bonds. The molecular formula is C18H18Cl2N2O4. The Balaban J connectivity index is 1.95. The normalized spacial score (nSPS) is 11.5. The van der Waals surface area contributed by atoms with E-state index >= 15 is 0 Å². The Kier molecular flexibility index (Phi) is 6.71. The van der Waals surface area contributed by atoms with Gasteiger partial charge in [-0.05, 0) is 30.7 Å². The molecule has 0 heterocycles. The molecule has 3 N–H and O–H groups in total. The van der Waals surface area contributed by atoms with Crippen LogP contribution in [0.1, 0.15) is 28.9 Å². The molecule has 0 bridgehead atoms. The predicted molar refractivity (Wildman–Crippen MR) is 101 cm³/mol. The third-order valence-electron chi connectivity index (χ3n) is 3.62. The maximum absolute atomic E-state index is 12.2. The highest BCUT2D eigenvalue weighted by atomic mass is 35.5. The van der Waals surface area contributed by atoms with Crippen LogP contribution in [0.2, 0.25) is 10.0 Å². The third-order valence-corrected chi connectivity index (χ3v) is 4.20. The molecule has 26 heavy (non-hydrogen) atoms. The number of carbonyl (C=O) groups excluding carboxylic acids is 2. The highest BCUT2D eigenvalue weighted by Gasteiger charge is 2.18. The number of rotatable bonds is 6. The molecule has 0 aliphatic rings. The molecule has 2 aromatic rings. The first kappa shape index (κ1) is 19.9. The van der Waals surface area contributed by atoms with Crippen molar-refractivity contribution in [2.24, 2.45) is 0 Å². The van der Waals surface area contributed by atoms with Crippen LogP contribution in [-0.2, 0) is 9.53 Å². The summed E-state index contributed by atoms with van der Waals surface area (Å²) in [5.41, 5.74) is 6.91. The summed E-state index contributed by atoms with van der Waals surface area (Å²) in [6.45, 7) is 1.37. The SMILES string of the molecule is COc1cc(N)c(Cl)cc1C(=O)OCC(=O)N[C@H](C)c1ccc(Cl)cc1. The van der Waals surface area contributed by atoms with Crippen molar-refractivity contribution in [1.29, 1.82) is 0 Å². The number of halogens is 2. The van der Waals surface area contributed by atoms with Crippen LogP contribution in [0.15, 0.2) is 36.4 Å². The van der Waals surface area contributed by atoms with Gasteiger partial charge in [0.2, 0.25) is 0 Å². The van der Waals surface area contributed by atoms with Gasteiger partial charge in [0.25, 0.3) is 5.91 Å². The van der Waals surface area contributed by atoms with Gasteiger partial charge in [0, 0.05) is 11.1 Å². The summed E-state index contributed by atoms with van der Waals surface area (Å²) in [6.07, 6.45) is 0. The second-order valence-corrected chi connectivity index (χ2v) is 6.33. The number of nitrogen functional groups attached to an aromatic ring is 1. The van der Waals surface area contributed by atoms with E-state index in [1.165, 1.54) is 19.2 Å². The molecule has 138 valence electrons. The number of nitrogens with one attached hydrogen (secondary N) is 1. The molecule has 1 atom stereocenters. The average Bonchev–Trinajstić information content (AvgIpc) is 2.62. The monoisotopic (exact) mass is 396 g/mol. The van der Waals surface area contributed by atoms with Gasteiger partial charge in [0.05, 0.1) is 23.9 Å². The Labute approximate surface area is 161 Å². The zero-order chi connectivity index (χ0) is 19.3. The minimum absolute atomic E-state index is 0.0882. The number of esters is 1. The standard InChI is InChI=1S/C18H18Cl2N2O4/c1-10(11-3-5-12(19)6-4-11)22-17(23)9-26-18(24)13-7-14(20)15(21)8-16(13)25-2/h3-8,10H,9,21H2,1-2H3,(H,22,23)/t10-/m1/s1. The lowest BCUT2D eigenvalue weighted by atomic mass is 10.1. The molecule has 0 saturated carbocycles. The molecule has 6 nitrogen and oxygen atoms in total. The van der Waals surface area contributed by atoms with Crippen molar-refractivity contribution in [3.63, 3.8) is 0 Å². The van der Waals surface area contributed by atoms with E-state index in [4.69, 9.17) is 38.4 Å². The quantitative estimate of drug-likeness (QED) is 0.574. The first-order chi connectivity index (χ1) is 12.3. The van der Waals surface area contributed by atoms with Crippen LogP contribution >= 0.6 is 23.2 Å². The number of anilines is 1. The lowest BCUT2D eigenvalue weighted by molar-refractivity contribution is -0.124. The molecule has 2 aromatic carbocycles. The number of carbonyl (C=O) groups is 2. The van der Waals surface area contributed by atoms with Crippen LogP contribution in [0, 0.1) is 0 Å². The number of hydrogen-bond acceptors (Lipinski definition) is 5. The van der Waals surface area contributed by atoms with E-state index in [1.807, 2.05) is 6.92 Å². The summed E-state index contributed by atoms with van der Waals surface area (Å²) in [4.78, 5) is 24.2. The minimum atomic E-state index is -0.738. The number of amides is 1. The zero-order valence-corrected chi connectivity index (χ0v) is 15.7. The van der Waals surface area contributed by atoms with Gasteiger partial charge in [-0.25, -0.2) is 4.79 Å². The first-order valence-electron chi connectivity index (χ1n) is 7.66. The van der Waals surface area contributed by atoms with Crippen molar-refractivity contribution in [3.05, 3.63) is 57.6 Å². The summed E-state index contributed by atoms with van der Waals surface area (Å²) in [7, 11) is 1.39. The highest BCUT2D eigenvalue weighted by molar-refractivity contribution is 6.33. The Bertz CT molecular complexity index is 810. The second kappa shape index (κ2) is 8.78. The van der Waals surface area contributed by atoms with Crippen LogP contribution in [-0.4, -0.2) is 25.6 Å². The highest BCUT2D eigenvalue weighted by Crippen LogP contribution is 2.29. The van der Waals surface area contributed by atoms with Gasteiger partial charge in [0.1, 0.15) is 11.3 Å². The molecule has 0 unspecified atom stereocenters. The molecule has 0 fully saturated rings. The van der Waals surface area contributed by atoms with E-state index in [1.54, 1.807) is 24.3 Å². The molecule has 2 rings (SSSR count). The Hall–Kier alpha value is -2.44. The average molecular weight is 397 g/mol. The molecule has 8 heteroatoms. The Morgan fingerprint density at radius 2 is 1.85 bits per heavy atom. The van der Waals surface area contributed by atoms with Gasteiger partial charge in [-0.1, -0.05) is 35.3 Å². The van der Waals surface area contributed by atoms with Crippen molar-refractivity contribution in [3.8, 4) is 5.75 Å². The van der Waals surface area contributed by atoms with Gasteiger partial charge in [-0.3, -0.25) is 4.79 Å². The van der Waals surface area contributed by atoms with Gasteiger partial charge < -0.3 is 20.5 Å². The lowest BCUT2D eigenvalue weighted by Gasteiger charge is -2.15. The van der Waals surface area contributed by atoms with E-state index in [9.17, 15) is 9.59 Å². The molecule has 0 saturated heterocycles. The molecular weight excluding hydrogens is 379 g/mol. The summed E-state index contributed by atoms with van der Waals surface area (Å²) < 4.78 is 10.1. The van der Waals surface area contributed by atoms with Crippen LogP contribution in [0.5, 0.6) is 5.75 Å². The van der Waals surface area contributed by atoms with Crippen molar-refractivity contribution < 1.29 is 19.1 Å². The minimum Gasteiger partial charge on any atom is -0.496 e. The number of hydrogen-bond donors (Lipinski definition) is 2. The van der Waals surface area contributed by atoms with Gasteiger partial charge in [-0.15, -0.1) is 0 Å². The molecule has 0 aliphatic carbocycles. The number of benzene rings is 2. The van der Waals surface area contributed by atoms with Crippen molar-refractivity contribution in [2.75, 3.05) is 19.5 Å². The molecule has 0 aliphatic heterocycles. The van der Waals surface area contributed by atoms with E-state index in [0.717, 1.165) is 5.56 Å². The Morgan fingerprint density at radius 3 is 2.46 bits per heavy atom. The van der Waals surface area contributed by atoms with Crippen LogP contribution in [0.3, 0.4) is 0 Å². The first-order valence-corrected chi connectivity index (χ1v) is 8.42. The van der Waals surface area contributed by atoms with E-state index in [-0.39, 0.29) is 28.1 Å². The van der Waals surface area contributed by atoms with Gasteiger partial charge >= 0.3 is 5.97 Å². The van der Waals surface area contributed by atoms with Crippen LogP contribution < -0.4 is 15.8 Å². The summed E-state index contributed by atoms with van der Waals surface area (Å²) in [5.74, 6) is -0.966. The third kappa shape index (κ3) is 5.03. The fourth-order valence-electron chi connectivity index (χ4n) is 2.22. The summed E-state index contributed by atoms with van der Waals surface area (Å²) >= 11 is 11.8. The molecule has 0 aromatic heterocycles. The van der Waals surface area contributed by atoms with E-state index in [2.05, 4.69) is 5.32 Å². The second-order valence-electron chi connectivity index (χ2n) is 5.49. The van der Waals surface area contributed by atoms with Crippen LogP contribution in [0.4, 0.5) is 5.69 Å². The van der Waals surface area contributed by atoms with E-state index < -0.39 is 18.5 Å². The maximum Gasteiger partial charge on any atom is 0.342 e. The maximum atomic E-state index is 12.2. The van der Waals surface area contributed by atoms with Crippen molar-refractivity contribution >= 4 is 40.8 Å². The van der Waals surface area contributed by atoms with Crippen molar-refractivity contribution in [1.82, 2.24) is 5.32 Å². The van der Waals surface area contributed by atoms with Gasteiger partial charge in [-0.2, -0.15) is 0 Å². The molecule has 0 spiro atoms. The fraction of sp³-hybridized carbons (Fsp3) is 0.222. The predicted octanol–water partition coefficient (Wildman–Crippen LogP) is 3.62. The largest absolute Gasteiger partial charge is 0.496 e.